The molecule has 0 spiro atoms. The quantitative estimate of drug-likeness (QED) is 0.605. The first-order chi connectivity index (χ1) is 6.31. The van der Waals surface area contributed by atoms with E-state index in [-0.39, 0.29) is 0 Å². The van der Waals surface area contributed by atoms with E-state index in [4.69, 9.17) is 4.84 Å². The van der Waals surface area contributed by atoms with Crippen molar-refractivity contribution in [2.45, 2.75) is 0 Å². The Morgan fingerprint density at radius 3 is 2.92 bits per heavy atom. The predicted molar refractivity (Wildman–Crippen MR) is 48.9 cm³/mol. The molecule has 13 heavy (non-hydrogen) atoms. The molecule has 3 heteroatoms. The van der Waals surface area contributed by atoms with Gasteiger partial charge in [0.15, 0.2) is 12.0 Å². The fourth-order valence-corrected chi connectivity index (χ4v) is 1.33. The van der Waals surface area contributed by atoms with Gasteiger partial charge in [0.05, 0.1) is 0 Å². The second-order valence-corrected chi connectivity index (χ2v) is 2.84. The molecule has 1 aliphatic rings. The zero-order chi connectivity index (χ0) is 9.26. The minimum absolute atomic E-state index is 0.643. The van der Waals surface area contributed by atoms with Crippen molar-refractivity contribution in [3.05, 3.63) is 36.0 Å². The van der Waals surface area contributed by atoms with Gasteiger partial charge in [0.25, 0.3) is 0 Å². The molecule has 0 fully saturated rings. The highest BCUT2D eigenvalue weighted by molar-refractivity contribution is 6.08. The summed E-state index contributed by atoms with van der Waals surface area (Å²) in [6, 6.07) is 7.45. The van der Waals surface area contributed by atoms with Crippen LogP contribution in [0.1, 0.15) is 5.56 Å². The molecule has 0 saturated heterocycles. The lowest BCUT2D eigenvalue weighted by Gasteiger charge is -2.23. The number of hydrogen-bond acceptors (Lipinski definition) is 3. The monoisotopic (exact) mass is 175 g/mol. The van der Waals surface area contributed by atoms with Gasteiger partial charge in [-0.2, -0.15) is 0 Å². The van der Waals surface area contributed by atoms with E-state index >= 15 is 0 Å². The van der Waals surface area contributed by atoms with Gasteiger partial charge in [-0.1, -0.05) is 18.2 Å². The molecule has 1 heterocycles. The standard InChI is InChI=1S/C10H9NO2/c1-11-6-8(7-12)9-4-2-3-5-10(9)13-11/h2-7H,1H3. The molecule has 1 aliphatic heterocycles. The van der Waals surface area contributed by atoms with E-state index in [1.54, 1.807) is 13.2 Å². The largest absolute Gasteiger partial charge is 0.380 e. The fourth-order valence-electron chi connectivity index (χ4n) is 1.33. The number of hydrogen-bond donors (Lipinski definition) is 0. The summed E-state index contributed by atoms with van der Waals surface area (Å²) in [7, 11) is 1.75. The molecule has 3 nitrogen and oxygen atoms in total. The summed E-state index contributed by atoms with van der Waals surface area (Å²) in [4.78, 5) is 16.1. The molecular weight excluding hydrogens is 166 g/mol. The lowest BCUT2D eigenvalue weighted by molar-refractivity contribution is -0.103. The number of allylic oxidation sites excluding steroid dienone is 1. The summed E-state index contributed by atoms with van der Waals surface area (Å²) >= 11 is 0. The van der Waals surface area contributed by atoms with Crippen LogP contribution in [-0.2, 0) is 4.79 Å². The number of hydroxylamine groups is 2. The summed E-state index contributed by atoms with van der Waals surface area (Å²) in [6.07, 6.45) is 2.49. The van der Waals surface area contributed by atoms with Crippen LogP contribution in [0.4, 0.5) is 0 Å². The molecule has 0 saturated carbocycles. The molecule has 1 aromatic carbocycles. The van der Waals surface area contributed by atoms with Gasteiger partial charge in [-0.15, -0.1) is 0 Å². The molecule has 0 radical (unpaired) electrons. The van der Waals surface area contributed by atoms with E-state index < -0.39 is 0 Å². The summed E-state index contributed by atoms with van der Waals surface area (Å²) < 4.78 is 0. The molecule has 66 valence electrons. The first kappa shape index (κ1) is 7.86. The summed E-state index contributed by atoms with van der Waals surface area (Å²) in [5, 5.41) is 1.52. The van der Waals surface area contributed by atoms with Crippen LogP contribution in [0, 0.1) is 0 Å². The molecule has 2 rings (SSSR count). The average molecular weight is 175 g/mol. The Bertz CT molecular complexity index is 371. The molecule has 0 N–H and O–H groups in total. The number of rotatable bonds is 1. The highest BCUT2D eigenvalue weighted by Crippen LogP contribution is 2.28. The van der Waals surface area contributed by atoms with E-state index in [9.17, 15) is 4.79 Å². The zero-order valence-electron chi connectivity index (χ0n) is 7.23. The Hall–Kier alpha value is -1.77. The van der Waals surface area contributed by atoms with E-state index in [1.165, 1.54) is 5.06 Å². The van der Waals surface area contributed by atoms with Crippen LogP contribution in [0.5, 0.6) is 5.75 Å². The van der Waals surface area contributed by atoms with Crippen molar-refractivity contribution in [1.29, 1.82) is 0 Å². The third-order valence-electron chi connectivity index (χ3n) is 1.89. The van der Waals surface area contributed by atoms with Gasteiger partial charge in [0.2, 0.25) is 0 Å². The topological polar surface area (TPSA) is 29.5 Å². The average Bonchev–Trinajstić information content (AvgIpc) is 2.16. The van der Waals surface area contributed by atoms with Gasteiger partial charge in [-0.05, 0) is 6.07 Å². The van der Waals surface area contributed by atoms with Gasteiger partial charge < -0.3 is 4.84 Å². The minimum Gasteiger partial charge on any atom is -0.380 e. The summed E-state index contributed by atoms with van der Waals surface area (Å²) in [5.74, 6) is 0.717. The Balaban J connectivity index is 2.54. The van der Waals surface area contributed by atoms with Crippen molar-refractivity contribution in [2.24, 2.45) is 0 Å². The van der Waals surface area contributed by atoms with E-state index in [0.29, 0.717) is 5.57 Å². The van der Waals surface area contributed by atoms with Gasteiger partial charge in [-0.3, -0.25) is 4.79 Å². The Morgan fingerprint density at radius 1 is 1.38 bits per heavy atom. The smallest absolute Gasteiger partial charge is 0.163 e. The van der Waals surface area contributed by atoms with Gasteiger partial charge in [0, 0.05) is 24.4 Å². The van der Waals surface area contributed by atoms with Crippen LogP contribution in [0.15, 0.2) is 30.5 Å². The number of aldehydes is 1. The minimum atomic E-state index is 0.643. The van der Waals surface area contributed by atoms with Crippen LogP contribution in [0.2, 0.25) is 0 Å². The Kier molecular flexibility index (Phi) is 1.77. The Labute approximate surface area is 76.2 Å². The van der Waals surface area contributed by atoms with Crippen molar-refractivity contribution in [2.75, 3.05) is 7.05 Å². The number of nitrogens with zero attached hydrogens (tertiary/aromatic N) is 1. The molecule has 0 amide bonds. The molecule has 0 atom stereocenters. The molecular formula is C10H9NO2. The number of fused-ring (bicyclic) bond motifs is 1. The van der Waals surface area contributed by atoms with E-state index in [2.05, 4.69) is 0 Å². The van der Waals surface area contributed by atoms with Crippen molar-refractivity contribution in [1.82, 2.24) is 5.06 Å². The normalized spacial score (nSPS) is 14.2. The van der Waals surface area contributed by atoms with Gasteiger partial charge in [0.1, 0.15) is 0 Å². The number of benzene rings is 1. The Morgan fingerprint density at radius 2 is 2.15 bits per heavy atom. The number of para-hydroxylation sites is 1. The van der Waals surface area contributed by atoms with Gasteiger partial charge in [-0.25, -0.2) is 5.06 Å². The van der Waals surface area contributed by atoms with Crippen LogP contribution >= 0.6 is 0 Å². The first-order valence-corrected chi connectivity index (χ1v) is 3.98. The second-order valence-electron chi connectivity index (χ2n) is 2.84. The van der Waals surface area contributed by atoms with Crippen molar-refractivity contribution < 1.29 is 9.63 Å². The molecule has 0 aromatic heterocycles. The third-order valence-corrected chi connectivity index (χ3v) is 1.89. The van der Waals surface area contributed by atoms with Crippen molar-refractivity contribution in [3.63, 3.8) is 0 Å². The zero-order valence-corrected chi connectivity index (χ0v) is 7.23. The maximum absolute atomic E-state index is 10.7. The third kappa shape index (κ3) is 1.28. The number of carbonyl (C=O) groups is 1. The highest BCUT2D eigenvalue weighted by Gasteiger charge is 2.14. The summed E-state index contributed by atoms with van der Waals surface area (Å²) in [5.41, 5.74) is 1.49. The molecule has 0 unspecified atom stereocenters. The first-order valence-electron chi connectivity index (χ1n) is 3.98. The van der Waals surface area contributed by atoms with Crippen LogP contribution in [-0.4, -0.2) is 18.4 Å². The van der Waals surface area contributed by atoms with Gasteiger partial charge >= 0.3 is 0 Å². The van der Waals surface area contributed by atoms with E-state index in [1.807, 2.05) is 24.3 Å². The maximum atomic E-state index is 10.7. The summed E-state index contributed by atoms with van der Waals surface area (Å²) in [6.45, 7) is 0. The number of carbonyl (C=O) groups excluding carboxylic acids is 1. The highest BCUT2D eigenvalue weighted by atomic mass is 16.7. The molecule has 0 aliphatic carbocycles. The lowest BCUT2D eigenvalue weighted by atomic mass is 10.1. The predicted octanol–water partition coefficient (Wildman–Crippen LogP) is 1.47. The SMILES string of the molecule is CN1C=C(C=O)c2ccccc2O1. The molecule has 1 aromatic rings. The van der Waals surface area contributed by atoms with Crippen molar-refractivity contribution >= 4 is 11.9 Å². The fraction of sp³-hybridized carbons (Fsp3) is 0.100. The van der Waals surface area contributed by atoms with Crippen LogP contribution in [0.25, 0.3) is 5.57 Å². The molecule has 0 bridgehead atoms. The second kappa shape index (κ2) is 2.94. The van der Waals surface area contributed by atoms with E-state index in [0.717, 1.165) is 17.6 Å². The van der Waals surface area contributed by atoms with Crippen molar-refractivity contribution in [3.8, 4) is 5.75 Å². The maximum Gasteiger partial charge on any atom is 0.163 e. The van der Waals surface area contributed by atoms with Crippen LogP contribution in [0.3, 0.4) is 0 Å². The van der Waals surface area contributed by atoms with Crippen LogP contribution < -0.4 is 4.84 Å². The lowest BCUT2D eigenvalue weighted by Crippen LogP contribution is -2.20.